The fraction of sp³-hybridized carbons (Fsp3) is 0. The molecular weight excluding hydrogens is 312 g/mol. The van der Waals surface area contributed by atoms with Crippen molar-refractivity contribution in [1.82, 2.24) is 0 Å². The van der Waals surface area contributed by atoms with Crippen molar-refractivity contribution in [2.75, 3.05) is 0 Å². The van der Waals surface area contributed by atoms with Gasteiger partial charge < -0.3 is 16.4 Å². The summed E-state index contributed by atoms with van der Waals surface area (Å²) in [5, 5.41) is 0. The first kappa shape index (κ1) is 56.7. The summed E-state index contributed by atoms with van der Waals surface area (Å²) in [7, 11) is 0. The standard InChI is InChI=1S/Lu.3O.Y/q+3;3*-2;+3. The molecule has 0 atom stereocenters. The molecule has 0 bridgehead atoms. The Morgan fingerprint density at radius 1 is 0.600 bits per heavy atom. The van der Waals surface area contributed by atoms with Crippen molar-refractivity contribution in [3.05, 3.63) is 0 Å². The van der Waals surface area contributed by atoms with E-state index in [0.29, 0.717) is 0 Å². The van der Waals surface area contributed by atoms with E-state index in [4.69, 9.17) is 0 Å². The minimum atomic E-state index is 0. The van der Waals surface area contributed by atoms with Gasteiger partial charge >= 0.3 is 69.6 Å². The molecular formula is LuO3Y. The van der Waals surface area contributed by atoms with Crippen LogP contribution in [0.3, 0.4) is 0 Å². The van der Waals surface area contributed by atoms with Crippen LogP contribution in [0, 0.1) is 36.9 Å². The fourth-order valence-electron chi connectivity index (χ4n) is 0. The summed E-state index contributed by atoms with van der Waals surface area (Å²) in [4.78, 5) is 0. The third kappa shape index (κ3) is 22.5. The molecule has 0 N–H and O–H groups in total. The van der Waals surface area contributed by atoms with Crippen LogP contribution in [0.2, 0.25) is 0 Å². The third-order valence-electron chi connectivity index (χ3n) is 0. The van der Waals surface area contributed by atoms with Gasteiger partial charge in [-0.25, -0.2) is 0 Å². The minimum Gasteiger partial charge on any atom is -2.00 e. The normalized spacial score (nSPS) is 0. The van der Waals surface area contributed by atoms with E-state index in [2.05, 4.69) is 0 Å². The van der Waals surface area contributed by atoms with E-state index < -0.39 is 0 Å². The molecule has 5 heavy (non-hydrogen) atoms. The summed E-state index contributed by atoms with van der Waals surface area (Å²) in [6, 6.07) is 0. The summed E-state index contributed by atoms with van der Waals surface area (Å²) in [5.74, 6) is 0. The Balaban J connectivity index is 0. The zero-order chi connectivity index (χ0) is 0. The second-order valence-corrected chi connectivity index (χ2v) is 0. The molecule has 5 heteroatoms. The average Bonchev–Trinajstić information content (AvgIpc) is 0. The Labute approximate surface area is 84.5 Å². The first-order valence-corrected chi connectivity index (χ1v) is 0. The number of hydrogen-bond donors (Lipinski definition) is 0. The second kappa shape index (κ2) is 34.4. The largest absolute Gasteiger partial charge is 3.00 e. The van der Waals surface area contributed by atoms with E-state index in [1.54, 1.807) is 0 Å². The second-order valence-electron chi connectivity index (χ2n) is 0. The van der Waals surface area contributed by atoms with Crippen molar-refractivity contribution >= 4 is 0 Å². The van der Waals surface area contributed by atoms with Gasteiger partial charge in [-0.3, -0.25) is 0 Å². The van der Waals surface area contributed by atoms with E-state index in [1.807, 2.05) is 0 Å². The van der Waals surface area contributed by atoms with Gasteiger partial charge in [0.2, 0.25) is 0 Å². The summed E-state index contributed by atoms with van der Waals surface area (Å²) in [5.41, 5.74) is 0. The van der Waals surface area contributed by atoms with Crippen LogP contribution >= 0.6 is 0 Å². The maximum atomic E-state index is 0. The molecule has 0 saturated carbocycles. The van der Waals surface area contributed by atoms with Gasteiger partial charge in [0.05, 0.1) is 0 Å². The molecule has 0 aromatic heterocycles. The summed E-state index contributed by atoms with van der Waals surface area (Å²) in [6.45, 7) is 0. The zero-order valence-electron chi connectivity index (χ0n) is 2.06. The molecule has 0 amide bonds. The van der Waals surface area contributed by atoms with Crippen molar-refractivity contribution in [3.8, 4) is 0 Å². The molecule has 0 radical (unpaired) electrons. The van der Waals surface area contributed by atoms with E-state index in [1.165, 1.54) is 0 Å². The van der Waals surface area contributed by atoms with Gasteiger partial charge in [-0.05, 0) is 0 Å². The average molecular weight is 312 g/mol. The van der Waals surface area contributed by atoms with Crippen molar-refractivity contribution in [2.24, 2.45) is 0 Å². The van der Waals surface area contributed by atoms with Gasteiger partial charge in [-0.1, -0.05) is 0 Å². The van der Waals surface area contributed by atoms with Crippen LogP contribution in [0.1, 0.15) is 0 Å². The molecule has 0 aromatic carbocycles. The fourth-order valence-corrected chi connectivity index (χ4v) is 0. The topological polar surface area (TPSA) is 85.5 Å². The molecule has 0 aliphatic carbocycles. The monoisotopic (exact) mass is 312 g/mol. The predicted octanol–water partition coefficient (Wildman–Crippen LogP) is -0.359. The van der Waals surface area contributed by atoms with Crippen LogP contribution in [-0.2, 0) is 49.1 Å². The molecule has 0 aliphatic rings. The van der Waals surface area contributed by atoms with E-state index in [0.717, 1.165) is 0 Å². The summed E-state index contributed by atoms with van der Waals surface area (Å²) < 4.78 is 0. The quantitative estimate of drug-likeness (QED) is 0.585. The molecule has 0 saturated heterocycles. The molecule has 0 heterocycles. The molecule has 0 aromatic rings. The Bertz CT molecular complexity index is 6.85. The van der Waals surface area contributed by atoms with Crippen LogP contribution in [0.4, 0.5) is 0 Å². The first-order valence-electron chi connectivity index (χ1n) is 0. The molecule has 0 rings (SSSR count). The Morgan fingerprint density at radius 3 is 0.600 bits per heavy atom. The van der Waals surface area contributed by atoms with Crippen molar-refractivity contribution in [2.45, 2.75) is 0 Å². The predicted molar refractivity (Wildman–Crippen MR) is 2.06 cm³/mol. The molecule has 3 nitrogen and oxygen atoms in total. The van der Waals surface area contributed by atoms with Crippen LogP contribution in [0.15, 0.2) is 0 Å². The Hall–Kier alpha value is 2.22. The maximum absolute atomic E-state index is 0. The Kier molecular flexibility index (Phi) is 391. The maximum Gasteiger partial charge on any atom is 3.00 e. The van der Waals surface area contributed by atoms with E-state index >= 15 is 0 Å². The summed E-state index contributed by atoms with van der Waals surface area (Å²) in [6.07, 6.45) is 0. The van der Waals surface area contributed by atoms with Crippen LogP contribution in [-0.4, -0.2) is 0 Å². The van der Waals surface area contributed by atoms with Gasteiger partial charge in [0, 0.05) is 0 Å². The number of hydrogen-bond acceptors (Lipinski definition) is 0. The van der Waals surface area contributed by atoms with Crippen molar-refractivity contribution in [3.63, 3.8) is 0 Å². The van der Waals surface area contributed by atoms with Crippen LogP contribution in [0.5, 0.6) is 0 Å². The smallest absolute Gasteiger partial charge is 2.00 e. The van der Waals surface area contributed by atoms with Crippen LogP contribution in [0.25, 0.3) is 0 Å². The molecule has 0 unspecified atom stereocenters. The van der Waals surface area contributed by atoms with Gasteiger partial charge in [-0.2, -0.15) is 0 Å². The third-order valence-corrected chi connectivity index (χ3v) is 0. The van der Waals surface area contributed by atoms with Gasteiger partial charge in [0.1, 0.15) is 0 Å². The molecule has 36 valence electrons. The van der Waals surface area contributed by atoms with Crippen molar-refractivity contribution < 1.29 is 86.0 Å². The number of rotatable bonds is 0. The van der Waals surface area contributed by atoms with Gasteiger partial charge in [-0.15, -0.1) is 0 Å². The molecule has 0 fully saturated rings. The summed E-state index contributed by atoms with van der Waals surface area (Å²) >= 11 is 0. The minimum absolute atomic E-state index is 0. The Morgan fingerprint density at radius 2 is 0.600 bits per heavy atom. The first-order chi connectivity index (χ1) is 0. The molecule has 0 spiro atoms. The van der Waals surface area contributed by atoms with E-state index in [9.17, 15) is 0 Å². The van der Waals surface area contributed by atoms with Crippen LogP contribution < -0.4 is 0 Å². The van der Waals surface area contributed by atoms with Crippen molar-refractivity contribution in [1.29, 1.82) is 0 Å². The zero-order valence-corrected chi connectivity index (χ0v) is 6.56. The van der Waals surface area contributed by atoms with E-state index in [-0.39, 0.29) is 86.0 Å². The molecule has 0 aliphatic heterocycles. The SMILES string of the molecule is [Lu+3].[O-2].[O-2].[O-2].[Y+3]. The van der Waals surface area contributed by atoms with Gasteiger partial charge in [0.15, 0.2) is 0 Å². The van der Waals surface area contributed by atoms with Gasteiger partial charge in [0.25, 0.3) is 0 Å².